The highest BCUT2D eigenvalue weighted by Gasteiger charge is 2.26. The number of thiazole rings is 1. The number of halogens is 2. The summed E-state index contributed by atoms with van der Waals surface area (Å²) in [5.41, 5.74) is 0.326. The minimum Gasteiger partial charge on any atom is -0.342 e. The molecule has 1 aromatic carbocycles. The van der Waals surface area contributed by atoms with Gasteiger partial charge in [-0.25, -0.2) is 4.98 Å². The second-order valence-electron chi connectivity index (χ2n) is 6.89. The van der Waals surface area contributed by atoms with Crippen LogP contribution in [-0.2, 0) is 11.8 Å². The van der Waals surface area contributed by atoms with Crippen LogP contribution < -0.4 is 10.6 Å². The quantitative estimate of drug-likeness (QED) is 0.445. The molecule has 0 saturated carbocycles. The Morgan fingerprint density at radius 3 is 2.68 bits per heavy atom. The van der Waals surface area contributed by atoms with Gasteiger partial charge < -0.3 is 15.2 Å². The van der Waals surface area contributed by atoms with Crippen molar-refractivity contribution in [3.8, 4) is 0 Å². The van der Waals surface area contributed by atoms with Crippen LogP contribution in [0.3, 0.4) is 0 Å². The second-order valence-corrected chi connectivity index (χ2v) is 9.57. The SMILES string of the molecule is CC(C)[C@@H](NC(=O)c1ccc(Cl)cc1Cl)c1nnc(SCC(=O)Nc2nccs2)n1C. The fourth-order valence-electron chi connectivity index (χ4n) is 2.72. The van der Waals surface area contributed by atoms with Crippen molar-refractivity contribution >= 4 is 63.2 Å². The molecular weight excluding hydrogens is 479 g/mol. The van der Waals surface area contributed by atoms with Crippen molar-refractivity contribution in [3.05, 3.63) is 51.2 Å². The highest BCUT2D eigenvalue weighted by atomic mass is 35.5. The van der Waals surface area contributed by atoms with Gasteiger partial charge in [0, 0.05) is 23.6 Å². The molecule has 0 spiro atoms. The summed E-state index contributed by atoms with van der Waals surface area (Å²) in [4.78, 5) is 28.9. The first-order valence-corrected chi connectivity index (χ1v) is 11.9. The number of nitrogens with one attached hydrogen (secondary N) is 2. The number of hydrogen-bond donors (Lipinski definition) is 2. The van der Waals surface area contributed by atoms with E-state index < -0.39 is 6.04 Å². The molecule has 2 N–H and O–H groups in total. The van der Waals surface area contributed by atoms with Crippen molar-refractivity contribution in [3.63, 3.8) is 0 Å². The summed E-state index contributed by atoms with van der Waals surface area (Å²) >= 11 is 14.7. The topological polar surface area (TPSA) is 102 Å². The lowest BCUT2D eigenvalue weighted by atomic mass is 10.0. The summed E-state index contributed by atoms with van der Waals surface area (Å²) in [5, 5.41) is 17.8. The third-order valence-electron chi connectivity index (χ3n) is 4.29. The van der Waals surface area contributed by atoms with Crippen LogP contribution in [0.25, 0.3) is 0 Å². The van der Waals surface area contributed by atoms with Crippen LogP contribution in [0.15, 0.2) is 34.9 Å². The minimum absolute atomic E-state index is 0.0315. The molecule has 12 heteroatoms. The van der Waals surface area contributed by atoms with Crippen LogP contribution >= 0.6 is 46.3 Å². The molecule has 2 heterocycles. The second kappa shape index (κ2) is 10.4. The van der Waals surface area contributed by atoms with Crippen LogP contribution in [0.2, 0.25) is 10.0 Å². The molecule has 3 aromatic rings. The first-order chi connectivity index (χ1) is 14.8. The highest BCUT2D eigenvalue weighted by Crippen LogP contribution is 2.26. The summed E-state index contributed by atoms with van der Waals surface area (Å²) in [6.07, 6.45) is 1.62. The Labute approximate surface area is 197 Å². The molecule has 0 aliphatic rings. The predicted octanol–water partition coefficient (Wildman–Crippen LogP) is 4.44. The number of aromatic nitrogens is 4. The molecular formula is C19H20Cl2N6O2S2. The third kappa shape index (κ3) is 5.97. The zero-order valence-corrected chi connectivity index (χ0v) is 20.1. The van der Waals surface area contributed by atoms with Gasteiger partial charge in [0.2, 0.25) is 5.91 Å². The monoisotopic (exact) mass is 498 g/mol. The fraction of sp³-hybridized carbons (Fsp3) is 0.316. The standard InChI is InChI=1S/C19H20Cl2N6O2S2/c1-10(2)15(24-17(29)12-5-4-11(20)8-13(12)21)16-25-26-19(27(16)3)31-9-14(28)23-18-22-6-7-30-18/h4-8,10,15H,9H2,1-3H3,(H,24,29)(H,22,23,28)/t15-/m1/s1. The van der Waals surface area contributed by atoms with E-state index in [0.29, 0.717) is 26.7 Å². The van der Waals surface area contributed by atoms with E-state index >= 15 is 0 Å². The van der Waals surface area contributed by atoms with E-state index in [1.54, 1.807) is 35.3 Å². The number of rotatable bonds is 8. The average Bonchev–Trinajstić information content (AvgIpc) is 3.34. The number of benzene rings is 1. The Bertz CT molecular complexity index is 1070. The van der Waals surface area contributed by atoms with Gasteiger partial charge >= 0.3 is 0 Å². The molecule has 0 aliphatic heterocycles. The Hall–Kier alpha value is -2.14. The number of thioether (sulfide) groups is 1. The van der Waals surface area contributed by atoms with Gasteiger partial charge in [-0.2, -0.15) is 0 Å². The van der Waals surface area contributed by atoms with Gasteiger partial charge in [0.05, 0.1) is 22.4 Å². The summed E-state index contributed by atoms with van der Waals surface area (Å²) < 4.78 is 1.77. The molecule has 0 radical (unpaired) electrons. The van der Waals surface area contributed by atoms with E-state index in [1.807, 2.05) is 13.8 Å². The Balaban J connectivity index is 1.69. The van der Waals surface area contributed by atoms with Crippen LogP contribution in [-0.4, -0.2) is 37.3 Å². The number of amides is 2. The largest absolute Gasteiger partial charge is 0.342 e. The van der Waals surface area contributed by atoms with E-state index in [-0.39, 0.29) is 28.5 Å². The van der Waals surface area contributed by atoms with E-state index in [4.69, 9.17) is 23.2 Å². The van der Waals surface area contributed by atoms with E-state index in [1.165, 1.54) is 29.2 Å². The number of carbonyl (C=O) groups excluding carboxylic acids is 2. The summed E-state index contributed by atoms with van der Waals surface area (Å²) in [6, 6.07) is 4.31. The smallest absolute Gasteiger partial charge is 0.253 e. The third-order valence-corrected chi connectivity index (χ3v) is 6.54. The lowest BCUT2D eigenvalue weighted by Crippen LogP contribution is -2.33. The van der Waals surface area contributed by atoms with Gasteiger partial charge in [-0.05, 0) is 24.1 Å². The van der Waals surface area contributed by atoms with Crippen LogP contribution in [0.1, 0.15) is 36.1 Å². The number of anilines is 1. The van der Waals surface area contributed by atoms with Gasteiger partial charge in [-0.1, -0.05) is 48.8 Å². The van der Waals surface area contributed by atoms with Gasteiger partial charge in [-0.3, -0.25) is 9.59 Å². The minimum atomic E-state index is -0.407. The lowest BCUT2D eigenvalue weighted by molar-refractivity contribution is -0.113. The molecule has 1 atom stereocenters. The summed E-state index contributed by atoms with van der Waals surface area (Å²) in [6.45, 7) is 3.94. The molecule has 0 fully saturated rings. The van der Waals surface area contributed by atoms with E-state index in [0.717, 1.165) is 0 Å². The molecule has 0 bridgehead atoms. The molecule has 164 valence electrons. The van der Waals surface area contributed by atoms with Crippen molar-refractivity contribution in [1.82, 2.24) is 25.1 Å². The lowest BCUT2D eigenvalue weighted by Gasteiger charge is -2.22. The fourth-order valence-corrected chi connectivity index (χ4v) is 4.47. The molecule has 31 heavy (non-hydrogen) atoms. The maximum absolute atomic E-state index is 12.8. The Morgan fingerprint density at radius 1 is 1.26 bits per heavy atom. The molecule has 0 unspecified atom stereocenters. The molecule has 2 amide bonds. The molecule has 8 nitrogen and oxygen atoms in total. The van der Waals surface area contributed by atoms with Gasteiger partial charge in [0.15, 0.2) is 16.1 Å². The number of carbonyl (C=O) groups is 2. The maximum atomic E-state index is 12.8. The zero-order valence-electron chi connectivity index (χ0n) is 16.9. The van der Waals surface area contributed by atoms with Gasteiger partial charge in [-0.15, -0.1) is 21.5 Å². The van der Waals surface area contributed by atoms with Crippen molar-refractivity contribution in [1.29, 1.82) is 0 Å². The van der Waals surface area contributed by atoms with Crippen LogP contribution in [0, 0.1) is 5.92 Å². The first-order valence-electron chi connectivity index (χ1n) is 9.23. The van der Waals surface area contributed by atoms with Crippen LogP contribution in [0.5, 0.6) is 0 Å². The Kier molecular flexibility index (Phi) is 7.93. The summed E-state index contributed by atoms with van der Waals surface area (Å²) in [5.74, 6) is 0.251. The molecule has 2 aromatic heterocycles. The van der Waals surface area contributed by atoms with E-state index in [9.17, 15) is 9.59 Å². The number of nitrogens with zero attached hydrogens (tertiary/aromatic N) is 4. The summed E-state index contributed by atoms with van der Waals surface area (Å²) in [7, 11) is 1.80. The molecule has 3 rings (SSSR count). The molecule has 0 aliphatic carbocycles. The van der Waals surface area contributed by atoms with E-state index in [2.05, 4.69) is 25.8 Å². The van der Waals surface area contributed by atoms with Crippen molar-refractivity contribution in [2.24, 2.45) is 13.0 Å². The first kappa shape index (κ1) is 23.5. The van der Waals surface area contributed by atoms with Crippen molar-refractivity contribution in [2.75, 3.05) is 11.1 Å². The number of hydrogen-bond acceptors (Lipinski definition) is 7. The predicted molar refractivity (Wildman–Crippen MR) is 124 cm³/mol. The average molecular weight is 499 g/mol. The highest BCUT2D eigenvalue weighted by molar-refractivity contribution is 7.99. The zero-order chi connectivity index (χ0) is 22.5. The van der Waals surface area contributed by atoms with Gasteiger partial charge in [0.1, 0.15) is 0 Å². The van der Waals surface area contributed by atoms with Crippen molar-refractivity contribution < 1.29 is 9.59 Å². The maximum Gasteiger partial charge on any atom is 0.253 e. The normalized spacial score (nSPS) is 12.1. The molecule has 0 saturated heterocycles. The van der Waals surface area contributed by atoms with Gasteiger partial charge in [0.25, 0.3) is 5.91 Å². The van der Waals surface area contributed by atoms with Crippen molar-refractivity contribution in [2.45, 2.75) is 25.0 Å². The van der Waals surface area contributed by atoms with Crippen LogP contribution in [0.4, 0.5) is 5.13 Å². The Morgan fingerprint density at radius 2 is 2.03 bits per heavy atom.